The first kappa shape index (κ1) is 16.3. The number of nitro groups is 1. The van der Waals surface area contributed by atoms with Crippen molar-refractivity contribution in [1.82, 2.24) is 0 Å². The van der Waals surface area contributed by atoms with E-state index in [1.165, 1.54) is 12.1 Å². The molecular formula is C21H15NO3. The van der Waals surface area contributed by atoms with Crippen molar-refractivity contribution >= 4 is 17.5 Å². The summed E-state index contributed by atoms with van der Waals surface area (Å²) in [5.41, 5.74) is 2.46. The number of benzene rings is 3. The molecule has 0 heterocycles. The van der Waals surface area contributed by atoms with Gasteiger partial charge in [0.05, 0.1) is 10.5 Å². The summed E-state index contributed by atoms with van der Waals surface area (Å²) in [5.74, 6) is -0.147. The van der Waals surface area contributed by atoms with Crippen LogP contribution in [-0.2, 0) is 0 Å². The topological polar surface area (TPSA) is 60.2 Å². The Balaban J connectivity index is 2.05. The number of hydrogen-bond acceptors (Lipinski definition) is 3. The van der Waals surface area contributed by atoms with E-state index in [1.54, 1.807) is 42.5 Å². The summed E-state index contributed by atoms with van der Waals surface area (Å²) in [4.78, 5) is 23.3. The molecule has 0 saturated heterocycles. The zero-order valence-electron chi connectivity index (χ0n) is 13.3. The molecule has 4 nitrogen and oxygen atoms in total. The molecule has 0 aliphatic heterocycles. The van der Waals surface area contributed by atoms with Gasteiger partial charge in [-0.2, -0.15) is 0 Å². The number of carbonyl (C=O) groups excluding carboxylic acids is 1. The first-order valence-corrected chi connectivity index (χ1v) is 7.77. The van der Waals surface area contributed by atoms with Crippen molar-refractivity contribution in [3.05, 3.63) is 106 Å². The minimum absolute atomic E-state index is 0.0144. The van der Waals surface area contributed by atoms with E-state index < -0.39 is 4.92 Å². The van der Waals surface area contributed by atoms with Crippen LogP contribution in [0.4, 0.5) is 5.69 Å². The van der Waals surface area contributed by atoms with E-state index in [-0.39, 0.29) is 11.5 Å². The summed E-state index contributed by atoms with van der Waals surface area (Å²) in [6.45, 7) is 0. The zero-order chi connectivity index (χ0) is 17.6. The van der Waals surface area contributed by atoms with Crippen LogP contribution in [0.25, 0.3) is 17.2 Å². The first-order valence-electron chi connectivity index (χ1n) is 7.77. The molecule has 0 atom stereocenters. The van der Waals surface area contributed by atoms with Crippen LogP contribution in [0.1, 0.15) is 15.9 Å². The molecular weight excluding hydrogens is 314 g/mol. The van der Waals surface area contributed by atoms with Crippen molar-refractivity contribution < 1.29 is 9.72 Å². The van der Waals surface area contributed by atoms with Crippen molar-refractivity contribution in [2.75, 3.05) is 0 Å². The van der Waals surface area contributed by atoms with E-state index in [2.05, 4.69) is 0 Å². The first-order chi connectivity index (χ1) is 12.2. The predicted molar refractivity (Wildman–Crippen MR) is 98.3 cm³/mol. The summed E-state index contributed by atoms with van der Waals surface area (Å²) < 4.78 is 0. The zero-order valence-corrected chi connectivity index (χ0v) is 13.3. The molecule has 0 N–H and O–H groups in total. The highest BCUT2D eigenvalue weighted by atomic mass is 16.6. The third-order valence-electron chi connectivity index (χ3n) is 3.81. The van der Waals surface area contributed by atoms with Crippen LogP contribution in [0, 0.1) is 10.1 Å². The lowest BCUT2D eigenvalue weighted by molar-refractivity contribution is -0.384. The van der Waals surface area contributed by atoms with Crippen LogP contribution < -0.4 is 0 Å². The Labute approximate surface area is 145 Å². The fraction of sp³-hybridized carbons (Fsp3) is 0. The highest BCUT2D eigenvalue weighted by Crippen LogP contribution is 2.33. The van der Waals surface area contributed by atoms with Gasteiger partial charge in [0.15, 0.2) is 5.78 Å². The Morgan fingerprint density at radius 3 is 2.12 bits per heavy atom. The van der Waals surface area contributed by atoms with Gasteiger partial charge in [0.25, 0.3) is 5.69 Å². The molecule has 0 aromatic heterocycles. The van der Waals surface area contributed by atoms with Gasteiger partial charge in [-0.05, 0) is 17.2 Å². The van der Waals surface area contributed by atoms with Gasteiger partial charge < -0.3 is 0 Å². The van der Waals surface area contributed by atoms with Crippen molar-refractivity contribution in [1.29, 1.82) is 0 Å². The fourth-order valence-corrected chi connectivity index (χ4v) is 2.63. The third kappa shape index (κ3) is 3.70. The molecule has 0 aliphatic carbocycles. The molecule has 0 spiro atoms. The average Bonchev–Trinajstić information content (AvgIpc) is 2.67. The maximum Gasteiger partial charge on any atom is 0.277 e. The number of rotatable bonds is 5. The van der Waals surface area contributed by atoms with Crippen molar-refractivity contribution in [3.63, 3.8) is 0 Å². The molecule has 0 radical (unpaired) electrons. The largest absolute Gasteiger partial charge is 0.289 e. The Morgan fingerprint density at radius 2 is 1.48 bits per heavy atom. The molecule has 3 rings (SSSR count). The Kier molecular flexibility index (Phi) is 4.81. The molecule has 3 aromatic carbocycles. The smallest absolute Gasteiger partial charge is 0.277 e. The van der Waals surface area contributed by atoms with Crippen LogP contribution in [-0.4, -0.2) is 10.7 Å². The maximum absolute atomic E-state index is 12.3. The van der Waals surface area contributed by atoms with E-state index in [9.17, 15) is 14.9 Å². The maximum atomic E-state index is 12.3. The van der Waals surface area contributed by atoms with Crippen LogP contribution in [0.5, 0.6) is 0 Å². The highest BCUT2D eigenvalue weighted by molar-refractivity contribution is 6.07. The minimum Gasteiger partial charge on any atom is -0.289 e. The number of carbonyl (C=O) groups is 1. The van der Waals surface area contributed by atoms with E-state index in [4.69, 9.17) is 0 Å². The van der Waals surface area contributed by atoms with E-state index >= 15 is 0 Å². The SMILES string of the molecule is O=C(C=Cc1cccc([N+](=O)[O-])c1-c1ccccc1)c1ccccc1. The third-order valence-corrected chi connectivity index (χ3v) is 3.81. The molecule has 122 valence electrons. The quantitative estimate of drug-likeness (QED) is 0.281. The highest BCUT2D eigenvalue weighted by Gasteiger charge is 2.17. The average molecular weight is 329 g/mol. The molecule has 0 fully saturated rings. The minimum atomic E-state index is -0.404. The fourth-order valence-electron chi connectivity index (χ4n) is 2.63. The van der Waals surface area contributed by atoms with Crippen LogP contribution in [0.15, 0.2) is 84.9 Å². The second-order valence-electron chi connectivity index (χ2n) is 5.43. The molecule has 4 heteroatoms. The van der Waals surface area contributed by atoms with Gasteiger partial charge in [0, 0.05) is 11.6 Å². The molecule has 0 unspecified atom stereocenters. The summed E-state index contributed by atoms with van der Waals surface area (Å²) >= 11 is 0. The van der Waals surface area contributed by atoms with Gasteiger partial charge >= 0.3 is 0 Å². The Morgan fingerprint density at radius 1 is 0.840 bits per heavy atom. The summed E-state index contributed by atoms with van der Waals surface area (Å²) in [6.07, 6.45) is 3.07. The number of ketones is 1. The number of nitrogens with zero attached hydrogens (tertiary/aromatic N) is 1. The normalized spacial score (nSPS) is 10.7. The second kappa shape index (κ2) is 7.36. The number of hydrogen-bond donors (Lipinski definition) is 0. The number of allylic oxidation sites excluding steroid dienone is 1. The van der Waals surface area contributed by atoms with Crippen molar-refractivity contribution in [2.24, 2.45) is 0 Å². The van der Waals surface area contributed by atoms with Crippen LogP contribution in [0.3, 0.4) is 0 Å². The lowest BCUT2D eigenvalue weighted by atomic mass is 9.97. The summed E-state index contributed by atoms with van der Waals surface area (Å²) in [5, 5.41) is 11.4. The van der Waals surface area contributed by atoms with Crippen molar-refractivity contribution in [2.45, 2.75) is 0 Å². The summed E-state index contributed by atoms with van der Waals surface area (Å²) in [7, 11) is 0. The van der Waals surface area contributed by atoms with Gasteiger partial charge in [0.1, 0.15) is 0 Å². The molecule has 0 amide bonds. The monoisotopic (exact) mass is 329 g/mol. The summed E-state index contributed by atoms with van der Waals surface area (Å²) in [6, 6.07) is 22.9. The molecule has 0 aliphatic rings. The lowest BCUT2D eigenvalue weighted by Crippen LogP contribution is -1.96. The van der Waals surface area contributed by atoms with Crippen LogP contribution in [0.2, 0.25) is 0 Å². The van der Waals surface area contributed by atoms with Gasteiger partial charge in [-0.1, -0.05) is 78.9 Å². The Hall–Kier alpha value is -3.53. The molecule has 0 saturated carbocycles. The van der Waals surface area contributed by atoms with Gasteiger partial charge in [-0.15, -0.1) is 0 Å². The lowest BCUT2D eigenvalue weighted by Gasteiger charge is -2.07. The molecule has 25 heavy (non-hydrogen) atoms. The van der Waals surface area contributed by atoms with E-state index in [0.29, 0.717) is 16.7 Å². The van der Waals surface area contributed by atoms with Crippen molar-refractivity contribution in [3.8, 4) is 11.1 Å². The standard InChI is InChI=1S/C21H15NO3/c23-20(16-8-3-1-4-9-16)15-14-18-12-7-13-19(22(24)25)21(18)17-10-5-2-6-11-17/h1-15H. The van der Waals surface area contributed by atoms with E-state index in [1.807, 2.05) is 36.4 Å². The van der Waals surface area contributed by atoms with Gasteiger partial charge in [-0.3, -0.25) is 14.9 Å². The van der Waals surface area contributed by atoms with Gasteiger partial charge in [-0.25, -0.2) is 0 Å². The molecule has 0 bridgehead atoms. The number of nitro benzene ring substituents is 1. The van der Waals surface area contributed by atoms with Crippen LogP contribution >= 0.6 is 0 Å². The second-order valence-corrected chi connectivity index (χ2v) is 5.43. The molecule has 3 aromatic rings. The Bertz CT molecular complexity index is 932. The van der Waals surface area contributed by atoms with E-state index in [0.717, 1.165) is 5.56 Å². The van der Waals surface area contributed by atoms with Gasteiger partial charge in [0.2, 0.25) is 0 Å². The predicted octanol–water partition coefficient (Wildman–Crippen LogP) is 5.16.